The summed E-state index contributed by atoms with van der Waals surface area (Å²) in [6, 6.07) is 2.32. The van der Waals surface area contributed by atoms with Crippen LogP contribution in [-0.2, 0) is 10.0 Å². The van der Waals surface area contributed by atoms with E-state index in [1.54, 1.807) is 0 Å². The number of hydrogen-bond acceptors (Lipinski definition) is 3. The molecule has 1 aromatic rings. The van der Waals surface area contributed by atoms with Crippen LogP contribution in [0.25, 0.3) is 0 Å². The van der Waals surface area contributed by atoms with E-state index in [-0.39, 0.29) is 21.9 Å². The first kappa shape index (κ1) is 16.0. The molecule has 20 heavy (non-hydrogen) atoms. The van der Waals surface area contributed by atoms with Gasteiger partial charge in [0, 0.05) is 19.1 Å². The fraction of sp³-hybridized carbons (Fsp3) is 0.500. The van der Waals surface area contributed by atoms with Crippen LogP contribution in [0.2, 0.25) is 10.0 Å². The predicted molar refractivity (Wildman–Crippen MR) is 76.9 cm³/mol. The van der Waals surface area contributed by atoms with E-state index in [1.807, 2.05) is 6.92 Å². The molecule has 2 N–H and O–H groups in total. The van der Waals surface area contributed by atoms with Crippen molar-refractivity contribution in [2.75, 3.05) is 13.1 Å². The van der Waals surface area contributed by atoms with Crippen LogP contribution >= 0.6 is 23.2 Å². The van der Waals surface area contributed by atoms with Crippen molar-refractivity contribution in [2.45, 2.75) is 24.3 Å². The number of benzene rings is 1. The van der Waals surface area contributed by atoms with Crippen LogP contribution in [0, 0.1) is 11.7 Å². The van der Waals surface area contributed by atoms with Gasteiger partial charge in [0.1, 0.15) is 4.90 Å². The third-order valence-corrected chi connectivity index (χ3v) is 6.23. The molecule has 1 saturated heterocycles. The molecule has 0 radical (unpaired) electrons. The summed E-state index contributed by atoms with van der Waals surface area (Å²) in [7, 11) is -3.83. The summed E-state index contributed by atoms with van der Waals surface area (Å²) in [6.45, 7) is 2.52. The molecule has 2 unspecified atom stereocenters. The fourth-order valence-electron chi connectivity index (χ4n) is 2.25. The van der Waals surface area contributed by atoms with Gasteiger partial charge in [-0.3, -0.25) is 0 Å². The third kappa shape index (κ3) is 2.80. The normalized spacial score (nSPS) is 22.1. The Balaban J connectivity index is 2.35. The van der Waals surface area contributed by atoms with E-state index in [9.17, 15) is 12.8 Å². The van der Waals surface area contributed by atoms with Crippen LogP contribution in [0.15, 0.2) is 17.0 Å². The molecule has 1 aliphatic heterocycles. The Labute approximate surface area is 127 Å². The van der Waals surface area contributed by atoms with Crippen molar-refractivity contribution in [3.05, 3.63) is 28.0 Å². The monoisotopic (exact) mass is 340 g/mol. The zero-order valence-corrected chi connectivity index (χ0v) is 13.1. The van der Waals surface area contributed by atoms with Crippen molar-refractivity contribution in [1.29, 1.82) is 0 Å². The smallest absolute Gasteiger partial charge is 0.244 e. The average Bonchev–Trinajstić information content (AvgIpc) is 2.86. The molecular formula is C12H15Cl2FN2O2S. The van der Waals surface area contributed by atoms with Gasteiger partial charge in [0.15, 0.2) is 5.82 Å². The predicted octanol–water partition coefficient (Wildman–Crippen LogP) is 2.49. The van der Waals surface area contributed by atoms with E-state index >= 15 is 0 Å². The molecule has 4 nitrogen and oxygen atoms in total. The minimum Gasteiger partial charge on any atom is -0.328 e. The molecule has 1 aromatic carbocycles. The average molecular weight is 341 g/mol. The number of hydrogen-bond donors (Lipinski definition) is 1. The minimum absolute atomic E-state index is 0.0902. The van der Waals surface area contributed by atoms with Gasteiger partial charge in [-0.2, -0.15) is 4.31 Å². The van der Waals surface area contributed by atoms with Gasteiger partial charge in [-0.25, -0.2) is 12.8 Å². The Morgan fingerprint density at radius 2 is 2.10 bits per heavy atom. The molecule has 1 heterocycles. The van der Waals surface area contributed by atoms with Gasteiger partial charge < -0.3 is 5.73 Å². The molecule has 0 amide bonds. The first-order chi connectivity index (χ1) is 9.25. The van der Waals surface area contributed by atoms with E-state index in [0.717, 1.165) is 0 Å². The van der Waals surface area contributed by atoms with E-state index in [2.05, 4.69) is 0 Å². The second-order valence-corrected chi connectivity index (χ2v) is 7.64. The largest absolute Gasteiger partial charge is 0.328 e. The molecule has 2 atom stereocenters. The number of sulfonamides is 1. The summed E-state index contributed by atoms with van der Waals surface area (Å²) in [6.07, 6.45) is 0.685. The Kier molecular flexibility index (Phi) is 4.61. The Morgan fingerprint density at radius 1 is 1.45 bits per heavy atom. The van der Waals surface area contributed by atoms with Crippen LogP contribution in [0.1, 0.15) is 13.3 Å². The highest BCUT2D eigenvalue weighted by molar-refractivity contribution is 7.89. The van der Waals surface area contributed by atoms with Crippen molar-refractivity contribution >= 4 is 33.2 Å². The maximum atomic E-state index is 13.6. The molecule has 0 aliphatic carbocycles. The van der Waals surface area contributed by atoms with Gasteiger partial charge >= 0.3 is 0 Å². The zero-order valence-electron chi connectivity index (χ0n) is 10.8. The molecule has 0 saturated carbocycles. The number of rotatable bonds is 3. The molecule has 1 fully saturated rings. The Bertz CT molecular complexity index is 622. The highest BCUT2D eigenvalue weighted by atomic mass is 35.5. The van der Waals surface area contributed by atoms with Gasteiger partial charge in [-0.15, -0.1) is 0 Å². The molecule has 0 aromatic heterocycles. The highest BCUT2D eigenvalue weighted by Crippen LogP contribution is 2.33. The zero-order chi connectivity index (χ0) is 15.1. The van der Waals surface area contributed by atoms with E-state index in [0.29, 0.717) is 19.5 Å². The van der Waals surface area contributed by atoms with E-state index < -0.39 is 20.9 Å². The summed E-state index contributed by atoms with van der Waals surface area (Å²) in [4.78, 5) is -0.258. The molecule has 2 rings (SSSR count). The van der Waals surface area contributed by atoms with Gasteiger partial charge in [-0.1, -0.05) is 23.2 Å². The van der Waals surface area contributed by atoms with Crippen LogP contribution in [-0.4, -0.2) is 31.9 Å². The summed E-state index contributed by atoms with van der Waals surface area (Å²) < 4.78 is 39.9. The van der Waals surface area contributed by atoms with Gasteiger partial charge in [0.25, 0.3) is 0 Å². The van der Waals surface area contributed by atoms with Crippen molar-refractivity contribution in [1.82, 2.24) is 4.31 Å². The van der Waals surface area contributed by atoms with Crippen molar-refractivity contribution < 1.29 is 12.8 Å². The quantitative estimate of drug-likeness (QED) is 0.859. The summed E-state index contributed by atoms with van der Waals surface area (Å²) in [5.41, 5.74) is 5.79. The first-order valence-electron chi connectivity index (χ1n) is 6.14. The Hall–Kier alpha value is -0.400. The van der Waals surface area contributed by atoms with Crippen LogP contribution in [0.4, 0.5) is 4.39 Å². The van der Waals surface area contributed by atoms with Crippen molar-refractivity contribution in [3.63, 3.8) is 0 Å². The van der Waals surface area contributed by atoms with Crippen LogP contribution < -0.4 is 5.73 Å². The third-order valence-electron chi connectivity index (χ3n) is 3.55. The molecule has 0 bridgehead atoms. The maximum Gasteiger partial charge on any atom is 0.244 e. The lowest BCUT2D eigenvalue weighted by atomic mass is 10.0. The lowest BCUT2D eigenvalue weighted by molar-refractivity contribution is 0.428. The standard InChI is InChI=1S/C12H15Cl2FN2O2S/c1-7(16)8-4-5-17(6-8)20(18,19)10-3-2-9(13)12(15)11(10)14/h2-3,7-8H,4-6,16H2,1H3. The number of nitrogens with two attached hydrogens (primary N) is 1. The molecule has 1 aliphatic rings. The maximum absolute atomic E-state index is 13.6. The number of nitrogens with zero attached hydrogens (tertiary/aromatic N) is 1. The lowest BCUT2D eigenvalue weighted by Gasteiger charge is -2.19. The van der Waals surface area contributed by atoms with Crippen LogP contribution in [0.5, 0.6) is 0 Å². The summed E-state index contributed by atoms with van der Waals surface area (Å²) >= 11 is 11.3. The second kappa shape index (κ2) is 5.77. The van der Waals surface area contributed by atoms with E-state index in [4.69, 9.17) is 28.9 Å². The minimum atomic E-state index is -3.83. The summed E-state index contributed by atoms with van der Waals surface area (Å²) in [5, 5.41) is -0.675. The number of halogens is 3. The topological polar surface area (TPSA) is 63.4 Å². The molecular weight excluding hydrogens is 326 g/mol. The van der Waals surface area contributed by atoms with Crippen molar-refractivity contribution in [3.8, 4) is 0 Å². The molecule has 8 heteroatoms. The second-order valence-electron chi connectivity index (χ2n) is 4.94. The van der Waals surface area contributed by atoms with Crippen LogP contribution in [0.3, 0.4) is 0 Å². The van der Waals surface area contributed by atoms with Gasteiger partial charge in [0.05, 0.1) is 10.0 Å². The van der Waals surface area contributed by atoms with Gasteiger partial charge in [0.2, 0.25) is 10.0 Å². The Morgan fingerprint density at radius 3 is 2.65 bits per heavy atom. The lowest BCUT2D eigenvalue weighted by Crippen LogP contribution is -2.33. The fourth-order valence-corrected chi connectivity index (χ4v) is 4.48. The molecule has 0 spiro atoms. The molecule has 112 valence electrons. The SMILES string of the molecule is CC(N)C1CCN(S(=O)(=O)c2ccc(Cl)c(F)c2Cl)C1. The van der Waals surface area contributed by atoms with Gasteiger partial charge in [-0.05, 0) is 31.4 Å². The highest BCUT2D eigenvalue weighted by Gasteiger charge is 2.35. The van der Waals surface area contributed by atoms with E-state index in [1.165, 1.54) is 16.4 Å². The first-order valence-corrected chi connectivity index (χ1v) is 8.34. The summed E-state index contributed by atoms with van der Waals surface area (Å²) in [5.74, 6) is -0.821. The van der Waals surface area contributed by atoms with Crippen molar-refractivity contribution in [2.24, 2.45) is 11.7 Å².